The lowest BCUT2D eigenvalue weighted by Gasteiger charge is -2.17. The Morgan fingerprint density at radius 3 is 2.56 bits per heavy atom. The Bertz CT molecular complexity index is 500. The van der Waals surface area contributed by atoms with Crippen LogP contribution >= 0.6 is 0 Å². The van der Waals surface area contributed by atoms with Gasteiger partial charge in [0.25, 0.3) is 0 Å². The van der Waals surface area contributed by atoms with Gasteiger partial charge in [-0.05, 0) is 55.9 Å². The van der Waals surface area contributed by atoms with Crippen molar-refractivity contribution in [3.8, 4) is 11.8 Å². The molecule has 0 heterocycles. The van der Waals surface area contributed by atoms with Gasteiger partial charge in [-0.25, -0.2) is 4.39 Å². The maximum absolute atomic E-state index is 12.8. The van der Waals surface area contributed by atoms with E-state index in [-0.39, 0.29) is 5.82 Å². The molecule has 94 valence electrons. The van der Waals surface area contributed by atoms with E-state index >= 15 is 0 Å². The van der Waals surface area contributed by atoms with Crippen molar-refractivity contribution in [3.63, 3.8) is 0 Å². The van der Waals surface area contributed by atoms with E-state index in [1.807, 2.05) is 0 Å². The summed E-state index contributed by atoms with van der Waals surface area (Å²) in [6.45, 7) is 1.64. The normalized spacial score (nSPS) is 18.3. The van der Waals surface area contributed by atoms with Gasteiger partial charge in [-0.2, -0.15) is 0 Å². The van der Waals surface area contributed by atoms with Gasteiger partial charge in [-0.3, -0.25) is 0 Å². The minimum absolute atomic E-state index is 0.308. The van der Waals surface area contributed by atoms with Crippen LogP contribution in [0.5, 0.6) is 0 Å². The minimum atomic E-state index is -1.23. The van der Waals surface area contributed by atoms with Crippen molar-refractivity contribution in [1.29, 1.82) is 0 Å². The molecule has 2 rings (SSSR count). The fourth-order valence-electron chi connectivity index (χ4n) is 2.00. The van der Waals surface area contributed by atoms with Crippen LogP contribution in [-0.4, -0.2) is 5.11 Å². The lowest BCUT2D eigenvalue weighted by atomic mass is 9.94. The SMILES string of the molecule is CC(O)(C#CC1=CCCCC1)c1ccc(F)cc1. The minimum Gasteiger partial charge on any atom is -0.374 e. The molecule has 0 aromatic heterocycles. The predicted octanol–water partition coefficient (Wildman–Crippen LogP) is 3.54. The summed E-state index contributed by atoms with van der Waals surface area (Å²) in [5.41, 5.74) is 0.489. The van der Waals surface area contributed by atoms with Crippen molar-refractivity contribution in [2.75, 3.05) is 0 Å². The van der Waals surface area contributed by atoms with E-state index in [0.717, 1.165) is 18.4 Å². The molecule has 0 spiro atoms. The van der Waals surface area contributed by atoms with Crippen molar-refractivity contribution < 1.29 is 9.50 Å². The summed E-state index contributed by atoms with van der Waals surface area (Å²) in [7, 11) is 0. The highest BCUT2D eigenvalue weighted by Crippen LogP contribution is 2.21. The summed E-state index contributed by atoms with van der Waals surface area (Å²) in [4.78, 5) is 0. The standard InChI is InChI=1S/C16H17FO/c1-16(18,14-7-9-15(17)10-8-14)12-11-13-5-3-2-4-6-13/h5,7-10,18H,2-4,6H2,1H3. The van der Waals surface area contributed by atoms with E-state index in [2.05, 4.69) is 17.9 Å². The lowest BCUT2D eigenvalue weighted by Crippen LogP contribution is -2.18. The molecule has 2 heteroatoms. The molecule has 0 saturated carbocycles. The summed E-state index contributed by atoms with van der Waals surface area (Å²) in [6, 6.07) is 5.81. The zero-order valence-electron chi connectivity index (χ0n) is 10.5. The second kappa shape index (κ2) is 5.37. The Kier molecular flexibility index (Phi) is 3.84. The molecular formula is C16H17FO. The lowest BCUT2D eigenvalue weighted by molar-refractivity contribution is 0.122. The number of allylic oxidation sites excluding steroid dienone is 2. The third kappa shape index (κ3) is 3.21. The summed E-state index contributed by atoms with van der Waals surface area (Å²) in [5, 5.41) is 10.3. The van der Waals surface area contributed by atoms with Crippen LogP contribution in [0.25, 0.3) is 0 Å². The highest BCUT2D eigenvalue weighted by Gasteiger charge is 2.19. The van der Waals surface area contributed by atoms with Gasteiger partial charge in [0.1, 0.15) is 11.4 Å². The van der Waals surface area contributed by atoms with Crippen LogP contribution in [0.4, 0.5) is 4.39 Å². The van der Waals surface area contributed by atoms with Gasteiger partial charge in [-0.1, -0.05) is 30.0 Å². The van der Waals surface area contributed by atoms with Crippen LogP contribution < -0.4 is 0 Å². The fraction of sp³-hybridized carbons (Fsp3) is 0.375. The van der Waals surface area contributed by atoms with E-state index in [9.17, 15) is 9.50 Å². The Morgan fingerprint density at radius 2 is 1.94 bits per heavy atom. The summed E-state index contributed by atoms with van der Waals surface area (Å²) < 4.78 is 12.8. The third-order valence-electron chi connectivity index (χ3n) is 3.16. The molecule has 0 bridgehead atoms. The molecule has 0 radical (unpaired) electrons. The Hall–Kier alpha value is -1.59. The molecule has 1 atom stereocenters. The van der Waals surface area contributed by atoms with Crippen molar-refractivity contribution >= 4 is 0 Å². The Labute approximate surface area is 107 Å². The number of hydrogen-bond acceptors (Lipinski definition) is 1. The van der Waals surface area contributed by atoms with Crippen LogP contribution in [0.2, 0.25) is 0 Å². The van der Waals surface area contributed by atoms with Crippen molar-refractivity contribution in [3.05, 3.63) is 47.3 Å². The number of halogens is 1. The average Bonchev–Trinajstić information content (AvgIpc) is 2.38. The summed E-state index contributed by atoms with van der Waals surface area (Å²) in [6.07, 6.45) is 6.59. The first-order valence-corrected chi connectivity index (χ1v) is 6.28. The largest absolute Gasteiger partial charge is 0.374 e. The number of rotatable bonds is 1. The van der Waals surface area contributed by atoms with Crippen LogP contribution in [0.1, 0.15) is 38.2 Å². The van der Waals surface area contributed by atoms with Crippen molar-refractivity contribution in [1.82, 2.24) is 0 Å². The molecule has 18 heavy (non-hydrogen) atoms. The van der Waals surface area contributed by atoms with E-state index in [4.69, 9.17) is 0 Å². The third-order valence-corrected chi connectivity index (χ3v) is 3.16. The van der Waals surface area contributed by atoms with Gasteiger partial charge in [-0.15, -0.1) is 0 Å². The average molecular weight is 244 g/mol. The zero-order valence-corrected chi connectivity index (χ0v) is 10.5. The molecule has 0 amide bonds. The van der Waals surface area contributed by atoms with E-state index in [1.165, 1.54) is 25.0 Å². The highest BCUT2D eigenvalue weighted by atomic mass is 19.1. The second-order valence-corrected chi connectivity index (χ2v) is 4.80. The molecule has 1 aliphatic carbocycles. The van der Waals surface area contributed by atoms with Gasteiger partial charge in [0, 0.05) is 0 Å². The van der Waals surface area contributed by atoms with Crippen molar-refractivity contribution in [2.45, 2.75) is 38.2 Å². The summed E-state index contributed by atoms with van der Waals surface area (Å²) in [5.74, 6) is 5.61. The molecule has 0 saturated heterocycles. The second-order valence-electron chi connectivity index (χ2n) is 4.80. The molecule has 1 aromatic rings. The predicted molar refractivity (Wildman–Crippen MR) is 70.3 cm³/mol. The fourth-order valence-corrected chi connectivity index (χ4v) is 2.00. The molecule has 1 aliphatic rings. The Balaban J connectivity index is 2.18. The molecule has 0 aliphatic heterocycles. The first kappa shape index (κ1) is 12.9. The highest BCUT2D eigenvalue weighted by molar-refractivity contribution is 5.37. The molecular weight excluding hydrogens is 227 g/mol. The summed E-state index contributed by atoms with van der Waals surface area (Å²) >= 11 is 0. The topological polar surface area (TPSA) is 20.2 Å². The monoisotopic (exact) mass is 244 g/mol. The molecule has 1 unspecified atom stereocenters. The van der Waals surface area contributed by atoms with Crippen LogP contribution in [-0.2, 0) is 5.60 Å². The molecule has 1 aromatic carbocycles. The number of hydrogen-bond donors (Lipinski definition) is 1. The first-order chi connectivity index (χ1) is 8.58. The molecule has 0 fully saturated rings. The van der Waals surface area contributed by atoms with E-state index in [1.54, 1.807) is 19.1 Å². The maximum Gasteiger partial charge on any atom is 0.148 e. The maximum atomic E-state index is 12.8. The molecule has 1 nitrogen and oxygen atoms in total. The number of aliphatic hydroxyl groups is 1. The van der Waals surface area contributed by atoms with Gasteiger partial charge in [0.2, 0.25) is 0 Å². The van der Waals surface area contributed by atoms with Gasteiger partial charge >= 0.3 is 0 Å². The van der Waals surface area contributed by atoms with E-state index in [0.29, 0.717) is 5.56 Å². The quantitative estimate of drug-likeness (QED) is 0.749. The zero-order chi connectivity index (χ0) is 13.0. The Morgan fingerprint density at radius 1 is 1.22 bits per heavy atom. The first-order valence-electron chi connectivity index (χ1n) is 6.28. The van der Waals surface area contributed by atoms with Crippen molar-refractivity contribution in [2.24, 2.45) is 0 Å². The van der Waals surface area contributed by atoms with Crippen LogP contribution in [0.3, 0.4) is 0 Å². The van der Waals surface area contributed by atoms with E-state index < -0.39 is 5.60 Å². The van der Waals surface area contributed by atoms with Gasteiger partial charge in [0.05, 0.1) is 0 Å². The van der Waals surface area contributed by atoms with Gasteiger partial charge < -0.3 is 5.11 Å². The molecule has 1 N–H and O–H groups in total. The number of benzene rings is 1. The van der Waals surface area contributed by atoms with Gasteiger partial charge in [0.15, 0.2) is 0 Å². The van der Waals surface area contributed by atoms with Crippen LogP contribution in [0, 0.1) is 17.7 Å². The van der Waals surface area contributed by atoms with Crippen LogP contribution in [0.15, 0.2) is 35.9 Å². The smallest absolute Gasteiger partial charge is 0.148 e.